The molecule has 1 aliphatic rings. The van der Waals surface area contributed by atoms with Gasteiger partial charge in [-0.05, 0) is 37.6 Å². The molecule has 1 aromatic rings. The van der Waals surface area contributed by atoms with Crippen molar-refractivity contribution >= 4 is 0 Å². The standard InChI is InChI=1S/C12H15F2NO/c1-15-6-4-12(16,5-7-15)9-2-3-10(13)11(14)8-9/h2-3,8,16H,4-7H2,1H3. The summed E-state index contributed by atoms with van der Waals surface area (Å²) in [5.41, 5.74) is -0.541. The molecular formula is C12H15F2NO. The van der Waals surface area contributed by atoms with Crippen LogP contribution in [0.1, 0.15) is 18.4 Å². The zero-order valence-corrected chi connectivity index (χ0v) is 9.21. The number of piperidine rings is 1. The van der Waals surface area contributed by atoms with Gasteiger partial charge < -0.3 is 10.0 Å². The highest BCUT2D eigenvalue weighted by atomic mass is 19.2. The third kappa shape index (κ3) is 2.08. The van der Waals surface area contributed by atoms with E-state index in [1.165, 1.54) is 6.07 Å². The predicted octanol–water partition coefficient (Wildman–Crippen LogP) is 1.88. The largest absolute Gasteiger partial charge is 0.385 e. The monoisotopic (exact) mass is 227 g/mol. The lowest BCUT2D eigenvalue weighted by Crippen LogP contribution is -2.40. The second kappa shape index (κ2) is 4.11. The molecule has 88 valence electrons. The van der Waals surface area contributed by atoms with Crippen molar-refractivity contribution in [3.63, 3.8) is 0 Å². The molecule has 2 nitrogen and oxygen atoms in total. The van der Waals surface area contributed by atoms with Crippen LogP contribution in [0.4, 0.5) is 8.78 Å². The van der Waals surface area contributed by atoms with Crippen LogP contribution in [0.15, 0.2) is 18.2 Å². The van der Waals surface area contributed by atoms with E-state index in [1.54, 1.807) is 0 Å². The number of nitrogens with zero attached hydrogens (tertiary/aromatic N) is 1. The molecule has 0 saturated carbocycles. The first-order valence-corrected chi connectivity index (χ1v) is 5.38. The van der Waals surface area contributed by atoms with Crippen molar-refractivity contribution in [2.75, 3.05) is 20.1 Å². The minimum atomic E-state index is -1.01. The molecule has 2 rings (SSSR count). The van der Waals surface area contributed by atoms with Crippen molar-refractivity contribution in [3.05, 3.63) is 35.4 Å². The molecule has 0 radical (unpaired) electrons. The van der Waals surface area contributed by atoms with E-state index < -0.39 is 17.2 Å². The Bertz CT molecular complexity index is 387. The molecular weight excluding hydrogens is 212 g/mol. The third-order valence-electron chi connectivity index (χ3n) is 3.27. The number of aliphatic hydroxyl groups is 1. The van der Waals surface area contributed by atoms with Crippen LogP contribution in [0, 0.1) is 11.6 Å². The summed E-state index contributed by atoms with van der Waals surface area (Å²) in [6.07, 6.45) is 1.10. The zero-order valence-electron chi connectivity index (χ0n) is 9.21. The highest BCUT2D eigenvalue weighted by molar-refractivity contribution is 5.24. The van der Waals surface area contributed by atoms with E-state index in [4.69, 9.17) is 0 Å². The maximum Gasteiger partial charge on any atom is 0.159 e. The minimum absolute atomic E-state index is 0.472. The van der Waals surface area contributed by atoms with Crippen LogP contribution in [0.5, 0.6) is 0 Å². The fourth-order valence-electron chi connectivity index (χ4n) is 2.06. The highest BCUT2D eigenvalue weighted by Crippen LogP contribution is 2.32. The van der Waals surface area contributed by atoms with Crippen molar-refractivity contribution < 1.29 is 13.9 Å². The van der Waals surface area contributed by atoms with Gasteiger partial charge >= 0.3 is 0 Å². The molecule has 1 heterocycles. The second-order valence-electron chi connectivity index (χ2n) is 4.46. The Morgan fingerprint density at radius 3 is 2.38 bits per heavy atom. The van der Waals surface area contributed by atoms with E-state index in [0.29, 0.717) is 18.4 Å². The summed E-state index contributed by atoms with van der Waals surface area (Å²) < 4.78 is 25.9. The molecule has 0 spiro atoms. The molecule has 0 amide bonds. The van der Waals surface area contributed by atoms with Crippen LogP contribution in [0.2, 0.25) is 0 Å². The average Bonchev–Trinajstić information content (AvgIpc) is 2.26. The molecule has 1 aromatic carbocycles. The van der Waals surface area contributed by atoms with Gasteiger partial charge in [0.25, 0.3) is 0 Å². The quantitative estimate of drug-likeness (QED) is 0.791. The molecule has 1 aliphatic heterocycles. The third-order valence-corrected chi connectivity index (χ3v) is 3.27. The number of halogens is 2. The summed E-state index contributed by atoms with van der Waals surface area (Å²) in [7, 11) is 1.98. The van der Waals surface area contributed by atoms with Gasteiger partial charge in [-0.3, -0.25) is 0 Å². The van der Waals surface area contributed by atoms with Crippen molar-refractivity contribution in [1.82, 2.24) is 4.90 Å². The number of likely N-dealkylation sites (tertiary alicyclic amines) is 1. The maximum atomic E-state index is 13.1. The van der Waals surface area contributed by atoms with E-state index in [0.717, 1.165) is 25.2 Å². The lowest BCUT2D eigenvalue weighted by Gasteiger charge is -2.36. The maximum absolute atomic E-state index is 13.1. The summed E-state index contributed by atoms with van der Waals surface area (Å²) in [5, 5.41) is 10.4. The fourth-order valence-corrected chi connectivity index (χ4v) is 2.06. The molecule has 1 fully saturated rings. The first-order chi connectivity index (χ1) is 7.51. The lowest BCUT2D eigenvalue weighted by molar-refractivity contribution is -0.0206. The van der Waals surface area contributed by atoms with Gasteiger partial charge in [0.2, 0.25) is 0 Å². The Kier molecular flexibility index (Phi) is 2.95. The van der Waals surface area contributed by atoms with Crippen LogP contribution in [-0.2, 0) is 5.60 Å². The number of hydrogen-bond acceptors (Lipinski definition) is 2. The first kappa shape index (κ1) is 11.5. The van der Waals surface area contributed by atoms with Gasteiger partial charge in [0.05, 0.1) is 5.60 Å². The molecule has 4 heteroatoms. The predicted molar refractivity (Wildman–Crippen MR) is 57.0 cm³/mol. The molecule has 0 atom stereocenters. The Balaban J connectivity index is 2.25. The zero-order chi connectivity index (χ0) is 11.8. The van der Waals surface area contributed by atoms with Crippen molar-refractivity contribution in [2.24, 2.45) is 0 Å². The Hall–Kier alpha value is -1.00. The van der Waals surface area contributed by atoms with Gasteiger partial charge in [-0.25, -0.2) is 8.78 Å². The number of hydrogen-bond donors (Lipinski definition) is 1. The molecule has 16 heavy (non-hydrogen) atoms. The SMILES string of the molecule is CN1CCC(O)(c2ccc(F)c(F)c2)CC1. The molecule has 0 aliphatic carbocycles. The molecule has 1 N–H and O–H groups in total. The summed E-state index contributed by atoms with van der Waals surface area (Å²) in [4.78, 5) is 2.11. The molecule has 0 unspecified atom stereocenters. The minimum Gasteiger partial charge on any atom is -0.385 e. The van der Waals surface area contributed by atoms with Gasteiger partial charge in [-0.15, -0.1) is 0 Å². The van der Waals surface area contributed by atoms with Crippen molar-refractivity contribution in [1.29, 1.82) is 0 Å². The normalized spacial score (nSPS) is 21.0. The van der Waals surface area contributed by atoms with Gasteiger partial charge in [-0.2, -0.15) is 0 Å². The second-order valence-corrected chi connectivity index (χ2v) is 4.46. The van der Waals surface area contributed by atoms with E-state index >= 15 is 0 Å². The van der Waals surface area contributed by atoms with Crippen LogP contribution < -0.4 is 0 Å². The van der Waals surface area contributed by atoms with Gasteiger partial charge in [0.1, 0.15) is 0 Å². The van der Waals surface area contributed by atoms with E-state index in [1.807, 2.05) is 7.05 Å². The summed E-state index contributed by atoms with van der Waals surface area (Å²) in [6.45, 7) is 1.52. The van der Waals surface area contributed by atoms with Gasteiger partial charge in [-0.1, -0.05) is 6.07 Å². The Labute approximate surface area is 93.5 Å². The van der Waals surface area contributed by atoms with Gasteiger partial charge in [0.15, 0.2) is 11.6 Å². The summed E-state index contributed by atoms with van der Waals surface area (Å²) in [6, 6.07) is 3.63. The van der Waals surface area contributed by atoms with Crippen LogP contribution in [0.25, 0.3) is 0 Å². The van der Waals surface area contributed by atoms with Gasteiger partial charge in [0, 0.05) is 13.1 Å². The lowest BCUT2D eigenvalue weighted by atomic mass is 9.84. The first-order valence-electron chi connectivity index (χ1n) is 5.38. The van der Waals surface area contributed by atoms with Crippen LogP contribution in [0.3, 0.4) is 0 Å². The Morgan fingerprint density at radius 2 is 1.81 bits per heavy atom. The number of benzene rings is 1. The van der Waals surface area contributed by atoms with E-state index in [-0.39, 0.29) is 0 Å². The van der Waals surface area contributed by atoms with E-state index in [2.05, 4.69) is 4.90 Å². The van der Waals surface area contributed by atoms with E-state index in [9.17, 15) is 13.9 Å². The van der Waals surface area contributed by atoms with Crippen molar-refractivity contribution in [2.45, 2.75) is 18.4 Å². The summed E-state index contributed by atoms with van der Waals surface area (Å²) >= 11 is 0. The van der Waals surface area contributed by atoms with Crippen LogP contribution in [-0.4, -0.2) is 30.1 Å². The van der Waals surface area contributed by atoms with Crippen molar-refractivity contribution in [3.8, 4) is 0 Å². The Morgan fingerprint density at radius 1 is 1.19 bits per heavy atom. The number of rotatable bonds is 1. The average molecular weight is 227 g/mol. The summed E-state index contributed by atoms with van der Waals surface area (Å²) in [5.74, 6) is -1.77. The van der Waals surface area contributed by atoms with Crippen LogP contribution >= 0.6 is 0 Å². The molecule has 1 saturated heterocycles. The fraction of sp³-hybridized carbons (Fsp3) is 0.500. The molecule has 0 bridgehead atoms. The molecule has 0 aromatic heterocycles. The topological polar surface area (TPSA) is 23.5 Å². The highest BCUT2D eigenvalue weighted by Gasteiger charge is 2.33. The smallest absolute Gasteiger partial charge is 0.159 e.